The minimum atomic E-state index is -0.876. The van der Waals surface area contributed by atoms with Gasteiger partial charge in [-0.15, -0.1) is 0 Å². The molecule has 114 valence electrons. The Balaban J connectivity index is 1.81. The van der Waals surface area contributed by atoms with Crippen LogP contribution in [0.5, 0.6) is 0 Å². The van der Waals surface area contributed by atoms with Crippen LogP contribution in [0.25, 0.3) is 0 Å². The first-order valence-electron chi connectivity index (χ1n) is 7.47. The summed E-state index contributed by atoms with van der Waals surface area (Å²) in [7, 11) is 0. The maximum atomic E-state index is 12.1. The molecule has 1 aromatic rings. The smallest absolute Gasteiger partial charge is 0.410 e. The van der Waals surface area contributed by atoms with Crippen LogP contribution in [0.4, 0.5) is 4.79 Å². The Morgan fingerprint density at radius 1 is 1.33 bits per heavy atom. The maximum Gasteiger partial charge on any atom is 0.410 e. The van der Waals surface area contributed by atoms with Gasteiger partial charge in [0.2, 0.25) is 0 Å². The lowest BCUT2D eigenvalue weighted by atomic mass is 9.81. The number of hydrogen-bond acceptors (Lipinski definition) is 3. The molecule has 4 nitrogen and oxygen atoms in total. The molecule has 21 heavy (non-hydrogen) atoms. The van der Waals surface area contributed by atoms with E-state index < -0.39 is 5.60 Å². The lowest BCUT2D eigenvalue weighted by molar-refractivity contribution is -0.0525. The first kappa shape index (κ1) is 14.7. The van der Waals surface area contributed by atoms with Crippen LogP contribution in [-0.2, 0) is 10.3 Å². The highest BCUT2D eigenvalue weighted by molar-refractivity contribution is 6.30. The number of nitrogens with zero attached hydrogens (tertiary/aromatic N) is 1. The Labute approximate surface area is 129 Å². The normalized spacial score (nSPS) is 31.3. The minimum absolute atomic E-state index is 0.0588. The van der Waals surface area contributed by atoms with Crippen LogP contribution < -0.4 is 0 Å². The number of carbonyl (C=O) groups excluding carboxylic acids is 1. The van der Waals surface area contributed by atoms with Crippen molar-refractivity contribution in [3.05, 3.63) is 34.9 Å². The molecule has 2 saturated heterocycles. The molecule has 1 aromatic carbocycles. The maximum absolute atomic E-state index is 12.1. The van der Waals surface area contributed by atoms with Crippen molar-refractivity contribution in [2.24, 2.45) is 0 Å². The summed E-state index contributed by atoms with van der Waals surface area (Å²) in [5.41, 5.74) is 0.00619. The molecule has 2 unspecified atom stereocenters. The number of piperidine rings is 1. The van der Waals surface area contributed by atoms with Gasteiger partial charge >= 0.3 is 6.09 Å². The molecule has 2 heterocycles. The Morgan fingerprint density at radius 2 is 1.90 bits per heavy atom. The van der Waals surface area contributed by atoms with E-state index in [4.69, 9.17) is 16.3 Å². The summed E-state index contributed by atoms with van der Waals surface area (Å²) in [5.74, 6) is 0. The van der Waals surface area contributed by atoms with E-state index in [9.17, 15) is 9.90 Å². The van der Waals surface area contributed by atoms with E-state index in [0.717, 1.165) is 18.4 Å². The van der Waals surface area contributed by atoms with Crippen molar-refractivity contribution >= 4 is 17.7 Å². The summed E-state index contributed by atoms with van der Waals surface area (Å²) in [4.78, 5) is 13.9. The Bertz CT molecular complexity index is 517. The van der Waals surface area contributed by atoms with Crippen molar-refractivity contribution in [1.29, 1.82) is 0 Å². The highest BCUT2D eigenvalue weighted by Crippen LogP contribution is 2.46. The van der Waals surface area contributed by atoms with Crippen molar-refractivity contribution in [3.8, 4) is 0 Å². The summed E-state index contributed by atoms with van der Waals surface area (Å²) < 4.78 is 5.14. The van der Waals surface area contributed by atoms with E-state index in [0.29, 0.717) is 24.5 Å². The Kier molecular flexibility index (Phi) is 3.84. The zero-order valence-corrected chi connectivity index (χ0v) is 12.8. The molecular weight excluding hydrogens is 290 g/mol. The zero-order chi connectivity index (χ0) is 15.0. The second kappa shape index (κ2) is 5.50. The van der Waals surface area contributed by atoms with Gasteiger partial charge in [0.1, 0.15) is 0 Å². The first-order valence-corrected chi connectivity index (χ1v) is 7.85. The lowest BCUT2D eigenvalue weighted by Crippen LogP contribution is -2.52. The molecule has 0 aromatic heterocycles. The van der Waals surface area contributed by atoms with Gasteiger partial charge in [0, 0.05) is 29.9 Å². The van der Waals surface area contributed by atoms with Crippen molar-refractivity contribution in [1.82, 2.24) is 4.90 Å². The van der Waals surface area contributed by atoms with Crippen molar-refractivity contribution < 1.29 is 14.6 Å². The number of rotatable bonds is 2. The monoisotopic (exact) mass is 309 g/mol. The third kappa shape index (κ3) is 2.62. The topological polar surface area (TPSA) is 49.8 Å². The molecule has 0 radical (unpaired) electrons. The summed E-state index contributed by atoms with van der Waals surface area (Å²) in [6.45, 7) is 2.20. The minimum Gasteiger partial charge on any atom is -0.450 e. The molecule has 2 aliphatic heterocycles. The number of halogens is 1. The number of aliphatic hydroxyl groups is 1. The van der Waals surface area contributed by atoms with E-state index >= 15 is 0 Å². The molecule has 2 aliphatic rings. The summed E-state index contributed by atoms with van der Waals surface area (Å²) in [6, 6.07) is 7.47. The fourth-order valence-electron chi connectivity index (χ4n) is 3.72. The van der Waals surface area contributed by atoms with Crippen LogP contribution in [0.3, 0.4) is 0 Å². The SMILES string of the molecule is CCOC(=O)N1C2CCC1CC(O)(c1ccc(Cl)cc1)C2. The zero-order valence-electron chi connectivity index (χ0n) is 12.1. The third-order valence-corrected chi connectivity index (χ3v) is 4.88. The van der Waals surface area contributed by atoms with Gasteiger partial charge in [-0.2, -0.15) is 0 Å². The second-order valence-electron chi connectivity index (χ2n) is 5.94. The van der Waals surface area contributed by atoms with Crippen molar-refractivity contribution in [2.45, 2.75) is 50.3 Å². The highest BCUT2D eigenvalue weighted by atomic mass is 35.5. The van der Waals surface area contributed by atoms with Crippen LogP contribution in [-0.4, -0.2) is 34.8 Å². The summed E-state index contributed by atoms with van der Waals surface area (Å²) >= 11 is 5.91. The average molecular weight is 310 g/mol. The molecule has 1 N–H and O–H groups in total. The molecule has 0 aliphatic carbocycles. The number of ether oxygens (including phenoxy) is 1. The van der Waals surface area contributed by atoms with Gasteiger partial charge in [-0.3, -0.25) is 0 Å². The summed E-state index contributed by atoms with van der Waals surface area (Å²) in [5, 5.41) is 11.7. The van der Waals surface area contributed by atoms with Crippen LogP contribution >= 0.6 is 11.6 Å². The molecule has 3 rings (SSSR count). The van der Waals surface area contributed by atoms with Gasteiger partial charge in [0.25, 0.3) is 0 Å². The fourth-order valence-corrected chi connectivity index (χ4v) is 3.84. The lowest BCUT2D eigenvalue weighted by Gasteiger charge is -2.43. The number of benzene rings is 1. The molecule has 5 heteroatoms. The molecule has 0 spiro atoms. The number of fused-ring (bicyclic) bond motifs is 2. The van der Waals surface area contributed by atoms with Gasteiger partial charge in [-0.1, -0.05) is 23.7 Å². The van der Waals surface area contributed by atoms with E-state index in [1.54, 1.807) is 12.1 Å². The number of carbonyl (C=O) groups is 1. The first-order chi connectivity index (χ1) is 10.0. The number of amides is 1. The Morgan fingerprint density at radius 3 is 2.43 bits per heavy atom. The molecule has 2 atom stereocenters. The fraction of sp³-hybridized carbons (Fsp3) is 0.562. The van der Waals surface area contributed by atoms with Crippen molar-refractivity contribution in [3.63, 3.8) is 0 Å². The van der Waals surface area contributed by atoms with Gasteiger partial charge in [-0.25, -0.2) is 4.79 Å². The van der Waals surface area contributed by atoms with Gasteiger partial charge in [-0.05, 0) is 37.5 Å². The predicted molar refractivity (Wildman–Crippen MR) is 80.3 cm³/mol. The average Bonchev–Trinajstić information content (AvgIpc) is 2.73. The molecular formula is C16H20ClNO3. The van der Waals surface area contributed by atoms with E-state index in [1.807, 2.05) is 24.0 Å². The van der Waals surface area contributed by atoms with E-state index in [1.165, 1.54) is 0 Å². The standard InChI is InChI=1S/C16H20ClNO3/c1-2-21-15(19)18-13-7-8-14(18)10-16(20,9-13)11-3-5-12(17)6-4-11/h3-6,13-14,20H,2,7-10H2,1H3. The van der Waals surface area contributed by atoms with Gasteiger partial charge in [0.05, 0.1) is 12.2 Å². The van der Waals surface area contributed by atoms with Crippen molar-refractivity contribution in [2.75, 3.05) is 6.61 Å². The van der Waals surface area contributed by atoms with Crippen LogP contribution in [0.1, 0.15) is 38.2 Å². The van der Waals surface area contributed by atoms with Crippen LogP contribution in [0.2, 0.25) is 5.02 Å². The van der Waals surface area contributed by atoms with Gasteiger partial charge < -0.3 is 14.7 Å². The molecule has 0 saturated carbocycles. The van der Waals surface area contributed by atoms with E-state index in [-0.39, 0.29) is 18.2 Å². The van der Waals surface area contributed by atoms with E-state index in [2.05, 4.69) is 0 Å². The molecule has 2 bridgehead atoms. The van der Waals surface area contributed by atoms with Gasteiger partial charge in [0.15, 0.2) is 0 Å². The van der Waals surface area contributed by atoms with Crippen LogP contribution in [0, 0.1) is 0 Å². The summed E-state index contributed by atoms with van der Waals surface area (Å²) in [6.07, 6.45) is 2.73. The third-order valence-electron chi connectivity index (χ3n) is 4.63. The molecule has 2 fully saturated rings. The highest BCUT2D eigenvalue weighted by Gasteiger charge is 2.50. The molecule has 1 amide bonds. The second-order valence-corrected chi connectivity index (χ2v) is 6.37. The quantitative estimate of drug-likeness (QED) is 0.912. The Hall–Kier alpha value is -1.26. The largest absolute Gasteiger partial charge is 0.450 e. The predicted octanol–water partition coefficient (Wildman–Crippen LogP) is 3.31. The van der Waals surface area contributed by atoms with Crippen LogP contribution in [0.15, 0.2) is 24.3 Å². The number of hydrogen-bond donors (Lipinski definition) is 1.